The van der Waals surface area contributed by atoms with Crippen molar-refractivity contribution >= 4 is 17.9 Å². The van der Waals surface area contributed by atoms with Gasteiger partial charge in [-0.1, -0.05) is 0 Å². The fraction of sp³-hybridized carbons (Fsp3) is 0.824. The summed E-state index contributed by atoms with van der Waals surface area (Å²) in [6, 6.07) is -0.221. The maximum atomic E-state index is 12.7. The molecule has 2 atom stereocenters. The Morgan fingerprint density at radius 1 is 1.21 bits per heavy atom. The number of piperidine rings is 1. The van der Waals surface area contributed by atoms with Crippen molar-refractivity contribution in [3.8, 4) is 0 Å². The van der Waals surface area contributed by atoms with Gasteiger partial charge in [0, 0.05) is 25.7 Å². The van der Waals surface area contributed by atoms with E-state index in [4.69, 9.17) is 10.5 Å². The van der Waals surface area contributed by atoms with Crippen LogP contribution in [0.15, 0.2) is 0 Å². The van der Waals surface area contributed by atoms with Crippen molar-refractivity contribution in [2.75, 3.05) is 19.6 Å². The lowest BCUT2D eigenvalue weighted by molar-refractivity contribution is -0.155. The third kappa shape index (κ3) is 3.65. The Balaban J connectivity index is 2.00. The number of amides is 3. The van der Waals surface area contributed by atoms with Gasteiger partial charge in [0.15, 0.2) is 0 Å². The number of primary amides is 1. The predicted octanol–water partition coefficient (Wildman–Crippen LogP) is 1.36. The standard InChI is InChI=1S/C17H29N3O4/c1-11-12(13(21)19-9-17(5,10-19)14(18)22)7-6-8-20(11)15(23)24-16(2,3)4/h11-12H,6-10H2,1-5H3,(H2,18,22)/t11-,12-/m1/s1. The Kier molecular flexibility index (Phi) is 4.84. The van der Waals surface area contributed by atoms with E-state index in [-0.39, 0.29) is 29.9 Å². The molecule has 2 fully saturated rings. The van der Waals surface area contributed by atoms with Gasteiger partial charge in [0.2, 0.25) is 11.8 Å². The molecule has 2 heterocycles. The molecule has 0 bridgehead atoms. The van der Waals surface area contributed by atoms with E-state index in [1.807, 2.05) is 27.7 Å². The molecule has 0 aromatic heterocycles. The van der Waals surface area contributed by atoms with Crippen LogP contribution in [0.2, 0.25) is 0 Å². The second kappa shape index (κ2) is 6.26. The predicted molar refractivity (Wildman–Crippen MR) is 89.0 cm³/mol. The number of carbonyl (C=O) groups excluding carboxylic acids is 3. The van der Waals surface area contributed by atoms with Crippen LogP contribution in [-0.2, 0) is 14.3 Å². The fourth-order valence-corrected chi connectivity index (χ4v) is 3.39. The Morgan fingerprint density at radius 3 is 2.29 bits per heavy atom. The number of rotatable bonds is 2. The molecule has 0 aliphatic carbocycles. The van der Waals surface area contributed by atoms with Gasteiger partial charge < -0.3 is 20.3 Å². The average molecular weight is 339 g/mol. The highest BCUT2D eigenvalue weighted by atomic mass is 16.6. The molecule has 0 radical (unpaired) electrons. The van der Waals surface area contributed by atoms with E-state index in [0.717, 1.165) is 12.8 Å². The smallest absolute Gasteiger partial charge is 0.410 e. The van der Waals surface area contributed by atoms with Crippen LogP contribution in [0.5, 0.6) is 0 Å². The molecule has 3 amide bonds. The maximum absolute atomic E-state index is 12.7. The van der Waals surface area contributed by atoms with Crippen molar-refractivity contribution in [3.05, 3.63) is 0 Å². The minimum atomic E-state index is -0.627. The molecule has 2 saturated heterocycles. The largest absolute Gasteiger partial charge is 0.444 e. The molecule has 2 rings (SSSR count). The van der Waals surface area contributed by atoms with E-state index in [0.29, 0.717) is 19.6 Å². The van der Waals surface area contributed by atoms with Crippen LogP contribution in [0.4, 0.5) is 4.79 Å². The number of hydrogen-bond acceptors (Lipinski definition) is 4. The van der Waals surface area contributed by atoms with Crippen molar-refractivity contribution < 1.29 is 19.1 Å². The van der Waals surface area contributed by atoms with Crippen LogP contribution in [0.25, 0.3) is 0 Å². The zero-order valence-corrected chi connectivity index (χ0v) is 15.3. The number of likely N-dealkylation sites (tertiary alicyclic amines) is 2. The van der Waals surface area contributed by atoms with Crippen LogP contribution < -0.4 is 5.73 Å². The summed E-state index contributed by atoms with van der Waals surface area (Å²) in [5.74, 6) is -0.642. The van der Waals surface area contributed by atoms with Gasteiger partial charge in [-0.05, 0) is 47.5 Å². The zero-order chi connectivity index (χ0) is 18.3. The number of nitrogens with two attached hydrogens (primary N) is 1. The number of hydrogen-bond donors (Lipinski definition) is 1. The van der Waals surface area contributed by atoms with Gasteiger partial charge >= 0.3 is 6.09 Å². The van der Waals surface area contributed by atoms with Gasteiger partial charge in [-0.2, -0.15) is 0 Å². The monoisotopic (exact) mass is 339 g/mol. The third-order valence-corrected chi connectivity index (χ3v) is 4.92. The van der Waals surface area contributed by atoms with Gasteiger partial charge in [-0.3, -0.25) is 9.59 Å². The summed E-state index contributed by atoms with van der Waals surface area (Å²) >= 11 is 0. The van der Waals surface area contributed by atoms with E-state index in [1.54, 1.807) is 16.7 Å². The second-order valence-electron chi connectivity index (χ2n) is 8.28. The summed E-state index contributed by atoms with van der Waals surface area (Å²) in [6.45, 7) is 10.5. The Labute approximate surface area is 143 Å². The SMILES string of the molecule is C[C@@H]1[C@H](C(=O)N2CC(C)(C(N)=O)C2)CCCN1C(=O)OC(C)(C)C. The van der Waals surface area contributed by atoms with Gasteiger partial charge in [-0.15, -0.1) is 0 Å². The average Bonchev–Trinajstić information content (AvgIpc) is 2.41. The van der Waals surface area contributed by atoms with Gasteiger partial charge in [0.1, 0.15) is 5.60 Å². The molecule has 2 N–H and O–H groups in total. The van der Waals surface area contributed by atoms with Crippen LogP contribution in [0.3, 0.4) is 0 Å². The van der Waals surface area contributed by atoms with Gasteiger partial charge in [0.05, 0.1) is 11.3 Å². The summed E-state index contributed by atoms with van der Waals surface area (Å²) < 4.78 is 5.44. The molecule has 2 aliphatic rings. The molecule has 24 heavy (non-hydrogen) atoms. The van der Waals surface area contributed by atoms with Crippen molar-refractivity contribution in [2.24, 2.45) is 17.1 Å². The highest BCUT2D eigenvalue weighted by Crippen LogP contribution is 2.34. The van der Waals surface area contributed by atoms with E-state index in [2.05, 4.69) is 0 Å². The highest BCUT2D eigenvalue weighted by Gasteiger charge is 2.49. The zero-order valence-electron chi connectivity index (χ0n) is 15.3. The second-order valence-corrected chi connectivity index (χ2v) is 8.28. The van der Waals surface area contributed by atoms with Crippen LogP contribution in [-0.4, -0.2) is 59.0 Å². The van der Waals surface area contributed by atoms with Crippen molar-refractivity contribution in [1.82, 2.24) is 9.80 Å². The van der Waals surface area contributed by atoms with Gasteiger partial charge in [0.25, 0.3) is 0 Å². The van der Waals surface area contributed by atoms with Crippen molar-refractivity contribution in [2.45, 2.75) is 59.1 Å². The summed E-state index contributed by atoms with van der Waals surface area (Å²) in [4.78, 5) is 39.8. The molecule has 2 aliphatic heterocycles. The summed E-state index contributed by atoms with van der Waals surface area (Å²) in [5, 5.41) is 0. The topological polar surface area (TPSA) is 92.9 Å². The van der Waals surface area contributed by atoms with E-state index < -0.39 is 11.0 Å². The van der Waals surface area contributed by atoms with Crippen molar-refractivity contribution in [3.63, 3.8) is 0 Å². The lowest BCUT2D eigenvalue weighted by Crippen LogP contribution is -2.65. The Hall–Kier alpha value is -1.79. The first-order valence-corrected chi connectivity index (χ1v) is 8.53. The van der Waals surface area contributed by atoms with Crippen molar-refractivity contribution in [1.29, 1.82) is 0 Å². The molecule has 136 valence electrons. The number of ether oxygens (including phenoxy) is 1. The Morgan fingerprint density at radius 2 is 1.79 bits per heavy atom. The molecule has 0 unspecified atom stereocenters. The van der Waals surface area contributed by atoms with Crippen LogP contribution in [0, 0.1) is 11.3 Å². The minimum absolute atomic E-state index is 0.00511. The summed E-state index contributed by atoms with van der Waals surface area (Å²) in [6.07, 6.45) is 1.13. The first-order chi connectivity index (χ1) is 10.9. The van der Waals surface area contributed by atoms with E-state index >= 15 is 0 Å². The van der Waals surface area contributed by atoms with Gasteiger partial charge in [-0.25, -0.2) is 4.79 Å². The first-order valence-electron chi connectivity index (χ1n) is 8.53. The summed E-state index contributed by atoms with van der Waals surface area (Å²) in [5.41, 5.74) is 4.19. The molecular formula is C17H29N3O4. The number of nitrogens with zero attached hydrogens (tertiary/aromatic N) is 2. The highest BCUT2D eigenvalue weighted by molar-refractivity contribution is 5.87. The fourth-order valence-electron chi connectivity index (χ4n) is 3.39. The third-order valence-electron chi connectivity index (χ3n) is 4.92. The lowest BCUT2D eigenvalue weighted by atomic mass is 9.79. The van der Waals surface area contributed by atoms with Crippen LogP contribution >= 0.6 is 0 Å². The Bertz CT molecular complexity index is 534. The first kappa shape index (κ1) is 18.5. The summed E-state index contributed by atoms with van der Waals surface area (Å²) in [7, 11) is 0. The van der Waals surface area contributed by atoms with E-state index in [1.165, 1.54) is 0 Å². The normalized spacial score (nSPS) is 26.5. The molecule has 7 nitrogen and oxygen atoms in total. The molecule has 0 spiro atoms. The molecule has 0 aromatic carbocycles. The quantitative estimate of drug-likeness (QED) is 0.822. The number of carbonyl (C=O) groups is 3. The van der Waals surface area contributed by atoms with Crippen LogP contribution in [0.1, 0.15) is 47.5 Å². The lowest BCUT2D eigenvalue weighted by Gasteiger charge is -2.49. The molecular weight excluding hydrogens is 310 g/mol. The maximum Gasteiger partial charge on any atom is 0.410 e. The molecule has 0 aromatic rings. The van der Waals surface area contributed by atoms with E-state index in [9.17, 15) is 14.4 Å². The molecule has 7 heteroatoms. The minimum Gasteiger partial charge on any atom is -0.444 e. The molecule has 0 saturated carbocycles.